The van der Waals surface area contributed by atoms with Crippen LogP contribution in [0.2, 0.25) is 20.1 Å². The van der Waals surface area contributed by atoms with Crippen LogP contribution in [0.25, 0.3) is 0 Å². The minimum absolute atomic E-state index is 0.232. The van der Waals surface area contributed by atoms with Crippen molar-refractivity contribution in [1.82, 2.24) is 21.7 Å². The number of hydrogen-bond acceptors (Lipinski definition) is 4. The van der Waals surface area contributed by atoms with Gasteiger partial charge in [0.2, 0.25) is 11.8 Å². The van der Waals surface area contributed by atoms with Gasteiger partial charge in [-0.05, 0) is 36.4 Å². The summed E-state index contributed by atoms with van der Waals surface area (Å²) in [5, 5.41) is 5.88. The second kappa shape index (κ2) is 11.5. The van der Waals surface area contributed by atoms with Gasteiger partial charge in [0.05, 0.1) is 20.1 Å². The standard InChI is InChI=1S/C17H14Cl4N6O4/c18-10-3-1-8(5-12(10)20)22-16(30)26-24-14(28)7-15(29)25-27-17(31)23-9-2-4-11(19)13(21)6-9/h1-6H,7H2,(H,24,28)(H,25,29)(H2,22,26,30)(H2,23,27,31). The molecule has 2 aromatic rings. The normalized spacial score (nSPS) is 9.94. The molecule has 0 radical (unpaired) electrons. The molecule has 0 saturated carbocycles. The van der Waals surface area contributed by atoms with Gasteiger partial charge in [0.15, 0.2) is 0 Å². The highest BCUT2D eigenvalue weighted by Crippen LogP contribution is 2.25. The number of benzene rings is 2. The molecule has 0 unspecified atom stereocenters. The number of carbonyl (C=O) groups is 4. The van der Waals surface area contributed by atoms with Gasteiger partial charge < -0.3 is 10.6 Å². The van der Waals surface area contributed by atoms with Crippen molar-refractivity contribution in [3.63, 3.8) is 0 Å². The molecule has 6 N–H and O–H groups in total. The minimum Gasteiger partial charge on any atom is -0.307 e. The summed E-state index contributed by atoms with van der Waals surface area (Å²) in [4.78, 5) is 46.9. The number of amides is 6. The highest BCUT2D eigenvalue weighted by molar-refractivity contribution is 6.42. The molecule has 0 atom stereocenters. The number of hydrogen-bond donors (Lipinski definition) is 6. The van der Waals surface area contributed by atoms with E-state index in [1.807, 2.05) is 21.7 Å². The fraction of sp³-hybridized carbons (Fsp3) is 0.0588. The highest BCUT2D eigenvalue weighted by atomic mass is 35.5. The first-order valence-corrected chi connectivity index (χ1v) is 9.77. The number of anilines is 2. The number of carbonyl (C=O) groups excluding carboxylic acids is 4. The molecule has 0 aliphatic heterocycles. The van der Waals surface area contributed by atoms with Gasteiger partial charge in [0, 0.05) is 11.4 Å². The molecule has 0 bridgehead atoms. The van der Waals surface area contributed by atoms with E-state index in [0.717, 1.165) is 0 Å². The van der Waals surface area contributed by atoms with E-state index < -0.39 is 30.3 Å². The van der Waals surface area contributed by atoms with E-state index in [4.69, 9.17) is 46.4 Å². The average Bonchev–Trinajstić information content (AvgIpc) is 2.70. The Morgan fingerprint density at radius 2 is 0.968 bits per heavy atom. The second-order valence-corrected chi connectivity index (χ2v) is 7.32. The van der Waals surface area contributed by atoms with Crippen LogP contribution in [0.3, 0.4) is 0 Å². The van der Waals surface area contributed by atoms with Gasteiger partial charge in [-0.3, -0.25) is 20.4 Å². The maximum atomic E-state index is 11.7. The third-order valence-electron chi connectivity index (χ3n) is 3.31. The molecule has 0 spiro atoms. The molecular formula is C17H14Cl4N6O4. The lowest BCUT2D eigenvalue weighted by Gasteiger charge is -2.11. The lowest BCUT2D eigenvalue weighted by molar-refractivity contribution is -0.130. The van der Waals surface area contributed by atoms with E-state index in [2.05, 4.69) is 10.6 Å². The minimum atomic E-state index is -0.839. The molecule has 0 saturated heterocycles. The topological polar surface area (TPSA) is 140 Å². The van der Waals surface area contributed by atoms with Crippen LogP contribution < -0.4 is 32.3 Å². The molecule has 0 aliphatic rings. The maximum Gasteiger partial charge on any atom is 0.337 e. The molecule has 6 amide bonds. The zero-order chi connectivity index (χ0) is 23.0. The van der Waals surface area contributed by atoms with E-state index in [1.54, 1.807) is 0 Å². The molecule has 14 heteroatoms. The van der Waals surface area contributed by atoms with Crippen molar-refractivity contribution in [3.05, 3.63) is 56.5 Å². The van der Waals surface area contributed by atoms with Crippen LogP contribution in [0, 0.1) is 0 Å². The van der Waals surface area contributed by atoms with E-state index in [0.29, 0.717) is 21.4 Å². The van der Waals surface area contributed by atoms with Crippen LogP contribution in [-0.4, -0.2) is 23.9 Å². The summed E-state index contributed by atoms with van der Waals surface area (Å²) in [6.45, 7) is 0. The van der Waals surface area contributed by atoms with E-state index in [9.17, 15) is 19.2 Å². The summed E-state index contributed by atoms with van der Waals surface area (Å²) >= 11 is 23.2. The summed E-state index contributed by atoms with van der Waals surface area (Å²) in [6, 6.07) is 7.20. The van der Waals surface area contributed by atoms with Gasteiger partial charge in [-0.25, -0.2) is 20.4 Å². The Hall–Kier alpha value is -2.92. The third-order valence-corrected chi connectivity index (χ3v) is 4.79. The smallest absolute Gasteiger partial charge is 0.307 e. The van der Waals surface area contributed by atoms with Gasteiger partial charge in [0.25, 0.3) is 0 Å². The number of rotatable bonds is 4. The molecule has 0 aliphatic carbocycles. The van der Waals surface area contributed by atoms with E-state index in [-0.39, 0.29) is 10.0 Å². The lowest BCUT2D eigenvalue weighted by atomic mass is 10.3. The number of nitrogens with one attached hydrogen (secondary N) is 6. The Balaban J connectivity index is 1.68. The molecule has 2 aromatic carbocycles. The SMILES string of the molecule is O=C(CC(=O)NNC(=O)Nc1ccc(Cl)c(Cl)c1)NNC(=O)Nc1ccc(Cl)c(Cl)c1. The summed E-state index contributed by atoms with van der Waals surface area (Å²) in [5.74, 6) is -1.68. The van der Waals surface area contributed by atoms with Gasteiger partial charge in [-0.2, -0.15) is 0 Å². The van der Waals surface area contributed by atoms with E-state index in [1.165, 1.54) is 36.4 Å². The molecule has 0 fully saturated rings. The molecule has 164 valence electrons. The Bertz CT molecular complexity index is 941. The third kappa shape index (κ3) is 8.38. The number of hydrazine groups is 2. The Labute approximate surface area is 195 Å². The second-order valence-electron chi connectivity index (χ2n) is 5.69. The fourth-order valence-corrected chi connectivity index (χ4v) is 2.56. The first-order valence-electron chi connectivity index (χ1n) is 8.26. The van der Waals surface area contributed by atoms with Gasteiger partial charge >= 0.3 is 12.1 Å². The van der Waals surface area contributed by atoms with Crippen molar-refractivity contribution < 1.29 is 19.2 Å². The molecule has 0 aromatic heterocycles. The van der Waals surface area contributed by atoms with Crippen LogP contribution in [-0.2, 0) is 9.59 Å². The van der Waals surface area contributed by atoms with Crippen LogP contribution in [0.4, 0.5) is 21.0 Å². The Morgan fingerprint density at radius 3 is 1.32 bits per heavy atom. The van der Waals surface area contributed by atoms with Crippen LogP contribution >= 0.6 is 46.4 Å². The molecule has 0 heterocycles. The average molecular weight is 508 g/mol. The van der Waals surface area contributed by atoms with Crippen molar-refractivity contribution in [3.8, 4) is 0 Å². The lowest BCUT2D eigenvalue weighted by Crippen LogP contribution is -2.48. The van der Waals surface area contributed by atoms with E-state index >= 15 is 0 Å². The van der Waals surface area contributed by atoms with Crippen molar-refractivity contribution in [1.29, 1.82) is 0 Å². The van der Waals surface area contributed by atoms with Crippen molar-refractivity contribution in [2.45, 2.75) is 6.42 Å². The zero-order valence-corrected chi connectivity index (χ0v) is 18.3. The quantitative estimate of drug-likeness (QED) is 0.277. The van der Waals surface area contributed by atoms with Gasteiger partial charge in [-0.1, -0.05) is 46.4 Å². The first kappa shape index (κ1) is 24.4. The first-order chi connectivity index (χ1) is 14.6. The predicted molar refractivity (Wildman–Crippen MR) is 118 cm³/mol. The van der Waals surface area contributed by atoms with Crippen LogP contribution in [0.1, 0.15) is 6.42 Å². The zero-order valence-electron chi connectivity index (χ0n) is 15.3. The summed E-state index contributed by atoms with van der Waals surface area (Å²) < 4.78 is 0. The number of halogens is 4. The highest BCUT2D eigenvalue weighted by Gasteiger charge is 2.12. The summed E-state index contributed by atoms with van der Waals surface area (Å²) in [7, 11) is 0. The molecule has 2 rings (SSSR count). The van der Waals surface area contributed by atoms with Crippen molar-refractivity contribution in [2.75, 3.05) is 10.6 Å². The Kier molecular flexibility index (Phi) is 9.01. The maximum absolute atomic E-state index is 11.7. The summed E-state index contributed by atoms with van der Waals surface area (Å²) in [6.07, 6.45) is -0.680. The largest absolute Gasteiger partial charge is 0.337 e. The van der Waals surface area contributed by atoms with Crippen LogP contribution in [0.5, 0.6) is 0 Å². The fourth-order valence-electron chi connectivity index (χ4n) is 1.96. The summed E-state index contributed by atoms with van der Waals surface area (Å²) in [5.41, 5.74) is 8.80. The van der Waals surface area contributed by atoms with Crippen molar-refractivity contribution >= 4 is 81.7 Å². The van der Waals surface area contributed by atoms with Crippen LogP contribution in [0.15, 0.2) is 36.4 Å². The Morgan fingerprint density at radius 1 is 0.581 bits per heavy atom. The monoisotopic (exact) mass is 506 g/mol. The molecule has 31 heavy (non-hydrogen) atoms. The molecule has 10 nitrogen and oxygen atoms in total. The van der Waals surface area contributed by atoms with Gasteiger partial charge in [-0.15, -0.1) is 0 Å². The van der Waals surface area contributed by atoms with Crippen molar-refractivity contribution in [2.24, 2.45) is 0 Å². The molecular weight excluding hydrogens is 494 g/mol. The number of urea groups is 2. The van der Waals surface area contributed by atoms with Gasteiger partial charge in [0.1, 0.15) is 6.42 Å². The predicted octanol–water partition coefficient (Wildman–Crippen LogP) is 3.70.